The van der Waals surface area contributed by atoms with Crippen molar-refractivity contribution in [1.82, 2.24) is 0 Å². The van der Waals surface area contributed by atoms with Gasteiger partial charge in [-0.2, -0.15) is 4.58 Å². The van der Waals surface area contributed by atoms with E-state index in [1.165, 1.54) is 0 Å². The first-order valence-corrected chi connectivity index (χ1v) is 5.67. The van der Waals surface area contributed by atoms with Crippen LogP contribution in [-0.4, -0.2) is 28.6 Å². The van der Waals surface area contributed by atoms with E-state index in [2.05, 4.69) is 4.99 Å². The number of nitrogens with zero attached hydrogens (tertiary/aromatic N) is 2. The summed E-state index contributed by atoms with van der Waals surface area (Å²) in [6, 6.07) is 0. The van der Waals surface area contributed by atoms with Crippen LogP contribution in [0, 0.1) is 5.92 Å². The molecule has 4 nitrogen and oxygen atoms in total. The largest absolute Gasteiger partial charge is 0.399 e. The molecule has 2 aliphatic heterocycles. The first-order chi connectivity index (χ1) is 7.75. The fourth-order valence-corrected chi connectivity index (χ4v) is 2.41. The second kappa shape index (κ2) is 3.40. The van der Waals surface area contributed by atoms with Crippen molar-refractivity contribution in [3.8, 4) is 0 Å². The van der Waals surface area contributed by atoms with Gasteiger partial charge in [-0.1, -0.05) is 0 Å². The summed E-state index contributed by atoms with van der Waals surface area (Å²) in [7, 11) is 0. The number of fused-ring (bicyclic) bond motifs is 1. The zero-order valence-electron chi connectivity index (χ0n) is 9.02. The Labute approximate surface area is 93.9 Å². The van der Waals surface area contributed by atoms with Crippen LogP contribution < -0.4 is 5.73 Å². The Bertz CT molecular complexity index is 482. The lowest BCUT2D eigenvalue weighted by atomic mass is 9.93. The Hall–Kier alpha value is -1.71. The van der Waals surface area contributed by atoms with Gasteiger partial charge in [0, 0.05) is 5.70 Å². The molecule has 0 aromatic rings. The predicted molar refractivity (Wildman–Crippen MR) is 61.3 cm³/mol. The van der Waals surface area contributed by atoms with Gasteiger partial charge in [0.1, 0.15) is 5.92 Å². The smallest absolute Gasteiger partial charge is 0.324 e. The quantitative estimate of drug-likeness (QED) is 0.602. The molecule has 2 heterocycles. The maximum atomic E-state index is 12.2. The maximum Gasteiger partial charge on any atom is 0.324 e. The lowest BCUT2D eigenvalue weighted by Gasteiger charge is -2.21. The van der Waals surface area contributed by atoms with Gasteiger partial charge in [-0.15, -0.1) is 0 Å². The van der Waals surface area contributed by atoms with Crippen molar-refractivity contribution in [1.29, 1.82) is 0 Å². The van der Waals surface area contributed by atoms with Crippen molar-refractivity contribution < 1.29 is 9.37 Å². The number of hydrogen-bond acceptors (Lipinski definition) is 3. The third-order valence-electron chi connectivity index (χ3n) is 3.26. The highest BCUT2D eigenvalue weighted by atomic mass is 16.2. The standard InChI is InChI=1S/C12H14N3O/c13-8-4-5-10-9(7-8)12(16)15-6-2-1-3-11(15)14-10/h4-5,7,9H,1-3,6,13H2/q+1. The fraction of sp³-hybridized carbons (Fsp3) is 0.417. The van der Waals surface area contributed by atoms with E-state index in [4.69, 9.17) is 5.73 Å². The molecular weight excluding hydrogens is 202 g/mol. The van der Waals surface area contributed by atoms with Gasteiger partial charge >= 0.3 is 11.7 Å². The lowest BCUT2D eigenvalue weighted by Crippen LogP contribution is -2.42. The van der Waals surface area contributed by atoms with Gasteiger partial charge < -0.3 is 5.73 Å². The number of nitrogens with two attached hydrogens (primary N) is 1. The summed E-state index contributed by atoms with van der Waals surface area (Å²) in [4.78, 5) is 16.8. The third kappa shape index (κ3) is 1.33. The highest BCUT2D eigenvalue weighted by Gasteiger charge is 2.39. The average molecular weight is 216 g/mol. The van der Waals surface area contributed by atoms with Crippen LogP contribution >= 0.6 is 0 Å². The minimum atomic E-state index is -0.258. The lowest BCUT2D eigenvalue weighted by molar-refractivity contribution is -0.458. The molecule has 1 unspecified atom stereocenters. The van der Waals surface area contributed by atoms with Crippen molar-refractivity contribution in [2.45, 2.75) is 19.3 Å². The number of amidine groups is 1. The SMILES string of the molecule is NC1=CC2C(=O)[N+]3=C(CCCC3)N=C2C=C1. The van der Waals surface area contributed by atoms with Crippen molar-refractivity contribution >= 4 is 17.5 Å². The van der Waals surface area contributed by atoms with Crippen LogP contribution in [0.1, 0.15) is 19.3 Å². The van der Waals surface area contributed by atoms with E-state index in [0.29, 0.717) is 5.70 Å². The Morgan fingerprint density at radius 1 is 1.38 bits per heavy atom. The van der Waals surface area contributed by atoms with Gasteiger partial charge in [0.05, 0.1) is 13.0 Å². The first kappa shape index (κ1) is 9.51. The number of carbonyl (C=O) groups is 1. The van der Waals surface area contributed by atoms with E-state index in [0.717, 1.165) is 37.4 Å². The van der Waals surface area contributed by atoms with E-state index in [-0.39, 0.29) is 11.8 Å². The summed E-state index contributed by atoms with van der Waals surface area (Å²) < 4.78 is 1.82. The maximum absolute atomic E-state index is 12.2. The van der Waals surface area contributed by atoms with Crippen LogP contribution in [-0.2, 0) is 4.79 Å². The second-order valence-corrected chi connectivity index (χ2v) is 4.38. The molecule has 0 fully saturated rings. The molecule has 16 heavy (non-hydrogen) atoms. The van der Waals surface area contributed by atoms with Crippen LogP contribution in [0.25, 0.3) is 0 Å². The highest BCUT2D eigenvalue weighted by Crippen LogP contribution is 2.21. The summed E-state index contributed by atoms with van der Waals surface area (Å²) in [6.07, 6.45) is 8.57. The molecule has 3 aliphatic rings. The number of hydrogen-bond donors (Lipinski definition) is 1. The molecule has 0 aromatic carbocycles. The van der Waals surface area contributed by atoms with E-state index in [1.807, 2.05) is 16.7 Å². The molecule has 1 atom stereocenters. The van der Waals surface area contributed by atoms with Gasteiger partial charge in [-0.3, -0.25) is 0 Å². The molecule has 0 spiro atoms. The topological polar surface area (TPSA) is 58.5 Å². The minimum absolute atomic E-state index is 0.131. The van der Waals surface area contributed by atoms with Crippen LogP contribution in [0.2, 0.25) is 0 Å². The number of aliphatic imine (C=N–C) groups is 1. The van der Waals surface area contributed by atoms with E-state index >= 15 is 0 Å². The Morgan fingerprint density at radius 2 is 2.25 bits per heavy atom. The third-order valence-corrected chi connectivity index (χ3v) is 3.26. The van der Waals surface area contributed by atoms with Gasteiger partial charge in [0.15, 0.2) is 5.71 Å². The molecule has 1 amide bonds. The normalized spacial score (nSPS) is 28.2. The summed E-state index contributed by atoms with van der Waals surface area (Å²) in [5.41, 5.74) is 7.20. The molecule has 4 heteroatoms. The summed E-state index contributed by atoms with van der Waals surface area (Å²) >= 11 is 0. The minimum Gasteiger partial charge on any atom is -0.399 e. The average Bonchev–Trinajstić information content (AvgIpc) is 2.31. The molecule has 0 saturated heterocycles. The molecule has 82 valence electrons. The number of allylic oxidation sites excluding steroid dienone is 2. The van der Waals surface area contributed by atoms with Crippen molar-refractivity contribution in [3.05, 3.63) is 23.9 Å². The van der Waals surface area contributed by atoms with Crippen LogP contribution in [0.4, 0.5) is 0 Å². The second-order valence-electron chi connectivity index (χ2n) is 4.38. The summed E-state index contributed by atoms with van der Waals surface area (Å²) in [5.74, 6) is 0.805. The molecule has 0 aromatic heterocycles. The van der Waals surface area contributed by atoms with Crippen molar-refractivity contribution in [2.24, 2.45) is 16.6 Å². The number of carbonyl (C=O) groups excluding carboxylic acids is 1. The van der Waals surface area contributed by atoms with Crippen LogP contribution in [0.3, 0.4) is 0 Å². The molecule has 0 radical (unpaired) electrons. The van der Waals surface area contributed by atoms with E-state index in [9.17, 15) is 4.79 Å². The van der Waals surface area contributed by atoms with Crippen LogP contribution in [0.15, 0.2) is 28.9 Å². The first-order valence-electron chi connectivity index (χ1n) is 5.67. The van der Waals surface area contributed by atoms with Gasteiger partial charge in [-0.25, -0.2) is 4.79 Å². The molecule has 2 N–H and O–H groups in total. The van der Waals surface area contributed by atoms with Gasteiger partial charge in [0.25, 0.3) is 0 Å². The summed E-state index contributed by atoms with van der Waals surface area (Å²) in [6.45, 7) is 0.804. The van der Waals surface area contributed by atoms with Crippen molar-refractivity contribution in [2.75, 3.05) is 6.54 Å². The number of rotatable bonds is 0. The van der Waals surface area contributed by atoms with E-state index < -0.39 is 0 Å². The predicted octanol–water partition coefficient (Wildman–Crippen LogP) is 0.591. The van der Waals surface area contributed by atoms with Crippen LogP contribution in [0.5, 0.6) is 0 Å². The fourth-order valence-electron chi connectivity index (χ4n) is 2.41. The molecular formula is C12H14N3O+. The monoisotopic (exact) mass is 216 g/mol. The zero-order valence-corrected chi connectivity index (χ0v) is 9.02. The number of amides is 1. The Balaban J connectivity index is 2.07. The molecule has 0 bridgehead atoms. The highest BCUT2D eigenvalue weighted by molar-refractivity contribution is 6.17. The Kier molecular flexibility index (Phi) is 2.02. The zero-order chi connectivity index (χ0) is 11.1. The Morgan fingerprint density at radius 3 is 3.12 bits per heavy atom. The van der Waals surface area contributed by atoms with E-state index in [1.54, 1.807) is 6.08 Å². The summed E-state index contributed by atoms with van der Waals surface area (Å²) in [5, 5.41) is 0. The van der Waals surface area contributed by atoms with Gasteiger partial charge in [-0.05, 0) is 36.1 Å². The van der Waals surface area contributed by atoms with Crippen molar-refractivity contribution in [3.63, 3.8) is 0 Å². The molecule has 3 rings (SSSR count). The molecule has 1 aliphatic carbocycles. The van der Waals surface area contributed by atoms with Gasteiger partial charge in [0.2, 0.25) is 0 Å². The molecule has 0 saturated carbocycles.